The minimum absolute atomic E-state index is 0.255. The number of aromatic nitrogens is 2. The van der Waals surface area contributed by atoms with E-state index < -0.39 is 10.0 Å². The summed E-state index contributed by atoms with van der Waals surface area (Å²) in [4.78, 5) is 8.27. The molecule has 0 atom stereocenters. The highest BCUT2D eigenvalue weighted by molar-refractivity contribution is 7.89. The number of rotatable bonds is 7. The fourth-order valence-electron chi connectivity index (χ4n) is 1.73. The van der Waals surface area contributed by atoms with Crippen LogP contribution in [-0.4, -0.2) is 24.4 Å². The molecule has 6 nitrogen and oxygen atoms in total. The van der Waals surface area contributed by atoms with Crippen molar-refractivity contribution in [3.63, 3.8) is 0 Å². The van der Waals surface area contributed by atoms with Gasteiger partial charge in [0.1, 0.15) is 0 Å². The Bertz CT molecular complexity index is 689. The monoisotopic (exact) mass is 328 g/mol. The fourth-order valence-corrected chi connectivity index (χ4v) is 3.55. The highest BCUT2D eigenvalue weighted by Crippen LogP contribution is 2.15. The quantitative estimate of drug-likeness (QED) is 0.723. The normalized spacial score (nSPS) is 12.2. The van der Waals surface area contributed by atoms with Crippen LogP contribution in [0.3, 0.4) is 0 Å². The Hall–Kier alpha value is -1.22. The third-order valence-corrected chi connectivity index (χ3v) is 5.31. The average Bonchev–Trinajstić information content (AvgIpc) is 3.03. The summed E-state index contributed by atoms with van der Waals surface area (Å²) in [7, 11) is -3.50. The Balaban J connectivity index is 2.01. The van der Waals surface area contributed by atoms with E-state index in [9.17, 15) is 8.42 Å². The SMILES string of the molecule is Cc1ncsc1CNS(=O)(=O)c1c[nH]c(CNC(C)C)c1. The van der Waals surface area contributed by atoms with Gasteiger partial charge in [-0.3, -0.25) is 0 Å². The predicted molar refractivity (Wildman–Crippen MR) is 83.6 cm³/mol. The van der Waals surface area contributed by atoms with Gasteiger partial charge in [0.2, 0.25) is 10.0 Å². The number of hydrogen-bond donors (Lipinski definition) is 3. The van der Waals surface area contributed by atoms with Crippen molar-refractivity contribution in [3.8, 4) is 0 Å². The maximum absolute atomic E-state index is 12.2. The largest absolute Gasteiger partial charge is 0.363 e. The summed E-state index contributed by atoms with van der Waals surface area (Å²) in [5.74, 6) is 0. The van der Waals surface area contributed by atoms with E-state index in [2.05, 4.69) is 20.0 Å². The van der Waals surface area contributed by atoms with Gasteiger partial charge in [-0.1, -0.05) is 13.8 Å². The van der Waals surface area contributed by atoms with Crippen molar-refractivity contribution in [3.05, 3.63) is 34.0 Å². The zero-order valence-corrected chi connectivity index (χ0v) is 13.9. The molecule has 0 aromatic carbocycles. The van der Waals surface area contributed by atoms with Crippen molar-refractivity contribution in [1.82, 2.24) is 20.0 Å². The third-order valence-electron chi connectivity index (χ3n) is 2.99. The van der Waals surface area contributed by atoms with E-state index in [1.807, 2.05) is 20.8 Å². The Morgan fingerprint density at radius 3 is 2.76 bits per heavy atom. The lowest BCUT2D eigenvalue weighted by Gasteiger charge is -2.05. The van der Waals surface area contributed by atoms with Crippen LogP contribution in [0.15, 0.2) is 22.7 Å². The van der Waals surface area contributed by atoms with Gasteiger partial charge in [-0.15, -0.1) is 11.3 Å². The van der Waals surface area contributed by atoms with Crippen LogP contribution in [0.5, 0.6) is 0 Å². The molecule has 2 aromatic rings. The zero-order valence-electron chi connectivity index (χ0n) is 12.3. The van der Waals surface area contributed by atoms with Crippen LogP contribution in [-0.2, 0) is 23.1 Å². The van der Waals surface area contributed by atoms with E-state index in [1.54, 1.807) is 11.6 Å². The second-order valence-corrected chi connectivity index (χ2v) is 7.79. The molecule has 116 valence electrons. The van der Waals surface area contributed by atoms with Crippen molar-refractivity contribution in [2.45, 2.75) is 44.8 Å². The number of aromatic amines is 1. The molecule has 0 amide bonds. The second kappa shape index (κ2) is 6.69. The van der Waals surface area contributed by atoms with Gasteiger partial charge < -0.3 is 10.3 Å². The second-order valence-electron chi connectivity index (χ2n) is 5.08. The summed E-state index contributed by atoms with van der Waals surface area (Å²) in [6, 6.07) is 2.00. The molecule has 0 saturated heterocycles. The van der Waals surface area contributed by atoms with E-state index in [0.29, 0.717) is 12.6 Å². The highest BCUT2D eigenvalue weighted by atomic mass is 32.2. The fraction of sp³-hybridized carbons (Fsp3) is 0.462. The van der Waals surface area contributed by atoms with Crippen LogP contribution >= 0.6 is 11.3 Å². The molecule has 0 aliphatic rings. The van der Waals surface area contributed by atoms with Gasteiger partial charge in [-0.25, -0.2) is 18.1 Å². The van der Waals surface area contributed by atoms with Crippen molar-refractivity contribution in [1.29, 1.82) is 0 Å². The third kappa shape index (κ3) is 4.37. The first-order valence-electron chi connectivity index (χ1n) is 6.68. The Kier molecular flexibility index (Phi) is 5.15. The van der Waals surface area contributed by atoms with Crippen LogP contribution in [0.1, 0.15) is 30.1 Å². The predicted octanol–water partition coefficient (Wildman–Crippen LogP) is 1.76. The van der Waals surface area contributed by atoms with Crippen molar-refractivity contribution >= 4 is 21.4 Å². The van der Waals surface area contributed by atoms with Crippen LogP contribution in [0.25, 0.3) is 0 Å². The van der Waals surface area contributed by atoms with Crippen LogP contribution in [0.2, 0.25) is 0 Å². The molecular formula is C13H20N4O2S2. The lowest BCUT2D eigenvalue weighted by atomic mass is 10.3. The van der Waals surface area contributed by atoms with E-state index in [1.165, 1.54) is 17.5 Å². The number of aryl methyl sites for hydroxylation is 1. The average molecular weight is 328 g/mol. The number of sulfonamides is 1. The van der Waals surface area contributed by atoms with E-state index in [-0.39, 0.29) is 11.4 Å². The van der Waals surface area contributed by atoms with Gasteiger partial charge in [0.25, 0.3) is 0 Å². The topological polar surface area (TPSA) is 86.9 Å². The molecular weight excluding hydrogens is 308 g/mol. The van der Waals surface area contributed by atoms with Gasteiger partial charge >= 0.3 is 0 Å². The van der Waals surface area contributed by atoms with Crippen molar-refractivity contribution in [2.75, 3.05) is 0 Å². The molecule has 0 saturated carbocycles. The molecule has 0 fully saturated rings. The Morgan fingerprint density at radius 2 is 2.14 bits per heavy atom. The first kappa shape index (κ1) is 16.2. The van der Waals surface area contributed by atoms with Gasteiger partial charge in [-0.2, -0.15) is 0 Å². The van der Waals surface area contributed by atoms with Gasteiger partial charge in [0, 0.05) is 35.9 Å². The Labute approximate surface area is 129 Å². The number of thiazole rings is 1. The molecule has 0 aliphatic carbocycles. The summed E-state index contributed by atoms with van der Waals surface area (Å²) in [5, 5.41) is 3.24. The number of H-pyrrole nitrogens is 1. The molecule has 8 heteroatoms. The van der Waals surface area contributed by atoms with E-state index in [0.717, 1.165) is 16.3 Å². The van der Waals surface area contributed by atoms with Gasteiger partial charge in [-0.05, 0) is 13.0 Å². The summed E-state index contributed by atoms with van der Waals surface area (Å²) in [5.41, 5.74) is 3.42. The zero-order chi connectivity index (χ0) is 15.5. The molecule has 0 bridgehead atoms. The molecule has 0 radical (unpaired) electrons. The summed E-state index contributed by atoms with van der Waals surface area (Å²) in [6.45, 7) is 6.83. The van der Waals surface area contributed by atoms with Gasteiger partial charge in [0.15, 0.2) is 0 Å². The number of nitrogens with one attached hydrogen (secondary N) is 3. The molecule has 0 aliphatic heterocycles. The first-order valence-corrected chi connectivity index (χ1v) is 9.04. The summed E-state index contributed by atoms with van der Waals surface area (Å²) >= 11 is 1.45. The van der Waals surface area contributed by atoms with Gasteiger partial charge in [0.05, 0.1) is 16.1 Å². The lowest BCUT2D eigenvalue weighted by Crippen LogP contribution is -2.23. The minimum Gasteiger partial charge on any atom is -0.363 e. The maximum atomic E-state index is 12.2. The van der Waals surface area contributed by atoms with Crippen LogP contribution < -0.4 is 10.0 Å². The van der Waals surface area contributed by atoms with Crippen LogP contribution in [0, 0.1) is 6.92 Å². The first-order chi connectivity index (χ1) is 9.88. The molecule has 2 heterocycles. The molecule has 2 aromatic heterocycles. The minimum atomic E-state index is -3.50. The number of nitrogens with zero attached hydrogens (tertiary/aromatic N) is 1. The number of hydrogen-bond acceptors (Lipinski definition) is 5. The van der Waals surface area contributed by atoms with E-state index in [4.69, 9.17) is 0 Å². The lowest BCUT2D eigenvalue weighted by molar-refractivity contribution is 0.580. The molecule has 21 heavy (non-hydrogen) atoms. The standard InChI is InChI=1S/C13H20N4O2S2/c1-9(2)14-5-11-4-12(6-15-11)21(18,19)17-7-13-10(3)16-8-20-13/h4,6,8-9,14-15,17H,5,7H2,1-3H3. The van der Waals surface area contributed by atoms with E-state index >= 15 is 0 Å². The maximum Gasteiger partial charge on any atom is 0.242 e. The molecule has 0 spiro atoms. The van der Waals surface area contributed by atoms with Crippen LogP contribution in [0.4, 0.5) is 0 Å². The smallest absolute Gasteiger partial charge is 0.242 e. The summed E-state index contributed by atoms with van der Waals surface area (Å²) in [6.07, 6.45) is 1.51. The molecule has 2 rings (SSSR count). The van der Waals surface area contributed by atoms with Crippen molar-refractivity contribution in [2.24, 2.45) is 0 Å². The molecule has 3 N–H and O–H groups in total. The highest BCUT2D eigenvalue weighted by Gasteiger charge is 2.16. The van der Waals surface area contributed by atoms with Crippen molar-refractivity contribution < 1.29 is 8.42 Å². The Morgan fingerprint density at radius 1 is 1.38 bits per heavy atom. The summed E-state index contributed by atoms with van der Waals surface area (Å²) < 4.78 is 27.0. The molecule has 0 unspecified atom stereocenters.